The van der Waals surface area contributed by atoms with Crippen LogP contribution in [0.4, 0.5) is 0 Å². The first-order valence-electron chi connectivity index (χ1n) is 9.62. The van der Waals surface area contributed by atoms with E-state index < -0.39 is 5.60 Å². The number of hydrogen-bond acceptors (Lipinski definition) is 5. The summed E-state index contributed by atoms with van der Waals surface area (Å²) < 4.78 is 0. The minimum Gasteiger partial charge on any atom is -0.378 e. The van der Waals surface area contributed by atoms with E-state index >= 15 is 0 Å². The standard InChI is InChI=1S/C22H27N3O2S/c1-22(2,27)9-8-19-6-7-20(28-19)17-24-11-4-12-25(14-13-24)21(26)15-18-5-3-10-23-16-18/h3,5-7,10,16,27H,4,11-15,17H2,1-2H3. The molecular formula is C22H27N3O2S. The van der Waals surface area contributed by atoms with Crippen LogP contribution in [-0.2, 0) is 17.8 Å². The van der Waals surface area contributed by atoms with Crippen LogP contribution < -0.4 is 0 Å². The number of aromatic nitrogens is 1. The van der Waals surface area contributed by atoms with Crippen molar-refractivity contribution in [3.63, 3.8) is 0 Å². The summed E-state index contributed by atoms with van der Waals surface area (Å²) in [5, 5.41) is 9.73. The van der Waals surface area contributed by atoms with Crippen molar-refractivity contribution < 1.29 is 9.90 Å². The topological polar surface area (TPSA) is 56.7 Å². The molecule has 2 aromatic rings. The Morgan fingerprint density at radius 2 is 2.11 bits per heavy atom. The van der Waals surface area contributed by atoms with Crippen LogP contribution in [0.15, 0.2) is 36.7 Å². The predicted molar refractivity (Wildman–Crippen MR) is 112 cm³/mol. The molecule has 2 aromatic heterocycles. The molecule has 1 aliphatic heterocycles. The number of nitrogens with zero attached hydrogens (tertiary/aromatic N) is 3. The number of carbonyl (C=O) groups is 1. The van der Waals surface area contributed by atoms with Gasteiger partial charge < -0.3 is 10.0 Å². The minimum atomic E-state index is -0.971. The second-order valence-electron chi connectivity index (χ2n) is 7.62. The van der Waals surface area contributed by atoms with Gasteiger partial charge >= 0.3 is 0 Å². The summed E-state index contributed by atoms with van der Waals surface area (Å²) in [6.45, 7) is 7.68. The molecule has 3 rings (SSSR count). The third-order valence-corrected chi connectivity index (χ3v) is 5.54. The molecule has 0 bridgehead atoms. The van der Waals surface area contributed by atoms with Gasteiger partial charge in [-0.2, -0.15) is 0 Å². The van der Waals surface area contributed by atoms with E-state index in [9.17, 15) is 9.90 Å². The molecule has 3 heterocycles. The van der Waals surface area contributed by atoms with E-state index in [4.69, 9.17) is 0 Å². The largest absolute Gasteiger partial charge is 0.378 e. The molecule has 1 N–H and O–H groups in total. The molecule has 5 nitrogen and oxygen atoms in total. The molecule has 6 heteroatoms. The highest BCUT2D eigenvalue weighted by atomic mass is 32.1. The van der Waals surface area contributed by atoms with Gasteiger partial charge in [-0.1, -0.05) is 17.9 Å². The van der Waals surface area contributed by atoms with Crippen LogP contribution in [-0.4, -0.2) is 57.6 Å². The van der Waals surface area contributed by atoms with Crippen molar-refractivity contribution in [2.75, 3.05) is 26.2 Å². The zero-order chi connectivity index (χ0) is 20.0. The van der Waals surface area contributed by atoms with E-state index in [1.54, 1.807) is 37.6 Å². The van der Waals surface area contributed by atoms with Gasteiger partial charge in [0, 0.05) is 50.0 Å². The van der Waals surface area contributed by atoms with Crippen molar-refractivity contribution in [3.05, 3.63) is 52.0 Å². The van der Waals surface area contributed by atoms with Crippen LogP contribution >= 0.6 is 11.3 Å². The first-order chi connectivity index (χ1) is 13.4. The molecule has 1 saturated heterocycles. The van der Waals surface area contributed by atoms with Gasteiger partial charge in [0.15, 0.2) is 0 Å². The van der Waals surface area contributed by atoms with Gasteiger partial charge in [0.25, 0.3) is 0 Å². The lowest BCUT2D eigenvalue weighted by molar-refractivity contribution is -0.130. The van der Waals surface area contributed by atoms with Crippen molar-refractivity contribution in [2.24, 2.45) is 0 Å². The summed E-state index contributed by atoms with van der Waals surface area (Å²) in [6, 6.07) is 7.94. The van der Waals surface area contributed by atoms with Crippen molar-refractivity contribution in [2.45, 2.75) is 38.8 Å². The summed E-state index contributed by atoms with van der Waals surface area (Å²) in [4.78, 5) is 23.3. The Kier molecular flexibility index (Phi) is 6.84. The van der Waals surface area contributed by atoms with Gasteiger partial charge in [0.1, 0.15) is 5.60 Å². The quantitative estimate of drug-likeness (QED) is 0.806. The van der Waals surface area contributed by atoms with Crippen LogP contribution in [0.3, 0.4) is 0 Å². The van der Waals surface area contributed by atoms with E-state index in [-0.39, 0.29) is 5.91 Å². The maximum absolute atomic E-state index is 12.6. The smallest absolute Gasteiger partial charge is 0.227 e. The Hall–Kier alpha value is -2.20. The second-order valence-corrected chi connectivity index (χ2v) is 8.79. The number of amides is 1. The molecule has 0 unspecified atom stereocenters. The van der Waals surface area contributed by atoms with Gasteiger partial charge in [-0.25, -0.2) is 0 Å². The molecule has 0 radical (unpaired) electrons. The average Bonchev–Trinajstić information content (AvgIpc) is 2.96. The van der Waals surface area contributed by atoms with Gasteiger partial charge in [-0.15, -0.1) is 11.3 Å². The maximum atomic E-state index is 12.6. The van der Waals surface area contributed by atoms with Crippen molar-refractivity contribution in [1.29, 1.82) is 0 Å². The monoisotopic (exact) mass is 397 g/mol. The Labute approximate surface area is 171 Å². The Bertz CT molecular complexity index is 846. The highest BCUT2D eigenvalue weighted by Gasteiger charge is 2.19. The SMILES string of the molecule is CC(C)(O)C#Cc1ccc(CN2CCCN(C(=O)Cc3cccnc3)CC2)s1. The van der Waals surface area contributed by atoms with Crippen molar-refractivity contribution in [3.8, 4) is 11.8 Å². The number of carbonyl (C=O) groups excluding carboxylic acids is 1. The van der Waals surface area contributed by atoms with Crippen molar-refractivity contribution in [1.82, 2.24) is 14.8 Å². The fraction of sp³-hybridized carbons (Fsp3) is 0.455. The van der Waals surface area contributed by atoms with Crippen LogP contribution in [0.25, 0.3) is 0 Å². The summed E-state index contributed by atoms with van der Waals surface area (Å²) >= 11 is 1.67. The molecule has 1 fully saturated rings. The summed E-state index contributed by atoms with van der Waals surface area (Å²) in [5.41, 5.74) is -0.00677. The van der Waals surface area contributed by atoms with E-state index in [1.807, 2.05) is 23.1 Å². The molecule has 28 heavy (non-hydrogen) atoms. The summed E-state index contributed by atoms with van der Waals surface area (Å²) in [5.74, 6) is 6.07. The van der Waals surface area contributed by atoms with E-state index in [1.165, 1.54) is 4.88 Å². The first-order valence-corrected chi connectivity index (χ1v) is 10.4. The van der Waals surface area contributed by atoms with Gasteiger partial charge in [-0.3, -0.25) is 14.7 Å². The third kappa shape index (κ3) is 6.45. The van der Waals surface area contributed by atoms with Crippen LogP contribution in [0.5, 0.6) is 0 Å². The Balaban J connectivity index is 1.52. The van der Waals surface area contributed by atoms with E-state index in [2.05, 4.69) is 27.8 Å². The van der Waals surface area contributed by atoms with Crippen LogP contribution in [0.2, 0.25) is 0 Å². The molecule has 0 saturated carbocycles. The number of hydrogen-bond donors (Lipinski definition) is 1. The highest BCUT2D eigenvalue weighted by Crippen LogP contribution is 2.19. The van der Waals surface area contributed by atoms with E-state index in [0.717, 1.165) is 49.6 Å². The van der Waals surface area contributed by atoms with Crippen LogP contribution in [0, 0.1) is 11.8 Å². The van der Waals surface area contributed by atoms with Crippen molar-refractivity contribution >= 4 is 17.2 Å². The zero-order valence-corrected chi connectivity index (χ0v) is 17.3. The molecule has 0 spiro atoms. The fourth-order valence-electron chi connectivity index (χ4n) is 3.13. The number of thiophene rings is 1. The van der Waals surface area contributed by atoms with Gasteiger partial charge in [0.05, 0.1) is 11.3 Å². The lowest BCUT2D eigenvalue weighted by Crippen LogP contribution is -2.36. The normalized spacial score (nSPS) is 15.6. The Morgan fingerprint density at radius 1 is 1.25 bits per heavy atom. The highest BCUT2D eigenvalue weighted by molar-refractivity contribution is 7.12. The Morgan fingerprint density at radius 3 is 2.86 bits per heavy atom. The predicted octanol–water partition coefficient (Wildman–Crippen LogP) is 2.54. The lowest BCUT2D eigenvalue weighted by Gasteiger charge is -2.21. The van der Waals surface area contributed by atoms with Crippen LogP contribution in [0.1, 0.15) is 35.6 Å². The molecule has 1 amide bonds. The fourth-order valence-corrected chi connectivity index (χ4v) is 4.04. The molecule has 1 aliphatic rings. The number of pyridine rings is 1. The second kappa shape index (κ2) is 9.33. The molecule has 0 aromatic carbocycles. The first kappa shape index (κ1) is 20.5. The lowest BCUT2D eigenvalue weighted by atomic mass is 10.1. The molecular weight excluding hydrogens is 370 g/mol. The summed E-state index contributed by atoms with van der Waals surface area (Å²) in [7, 11) is 0. The zero-order valence-electron chi connectivity index (χ0n) is 16.5. The third-order valence-electron chi connectivity index (χ3n) is 4.55. The average molecular weight is 398 g/mol. The van der Waals surface area contributed by atoms with Gasteiger partial charge in [-0.05, 0) is 44.0 Å². The minimum absolute atomic E-state index is 0.176. The molecule has 148 valence electrons. The molecule has 0 atom stereocenters. The number of rotatable bonds is 4. The number of aliphatic hydroxyl groups is 1. The van der Waals surface area contributed by atoms with Gasteiger partial charge in [0.2, 0.25) is 5.91 Å². The van der Waals surface area contributed by atoms with E-state index in [0.29, 0.717) is 6.42 Å². The maximum Gasteiger partial charge on any atom is 0.227 e. The summed E-state index contributed by atoms with van der Waals surface area (Å²) in [6.07, 6.45) is 4.89. The molecule has 0 aliphatic carbocycles.